The van der Waals surface area contributed by atoms with Crippen LogP contribution in [-0.2, 0) is 0 Å². The lowest BCUT2D eigenvalue weighted by molar-refractivity contribution is 0.333. The van der Waals surface area contributed by atoms with Crippen LogP contribution < -0.4 is 4.90 Å². The van der Waals surface area contributed by atoms with E-state index in [0.717, 1.165) is 16.8 Å². The van der Waals surface area contributed by atoms with E-state index in [9.17, 15) is 13.9 Å². The predicted octanol–water partition coefficient (Wildman–Crippen LogP) is 3.96. The van der Waals surface area contributed by atoms with Crippen molar-refractivity contribution in [3.8, 4) is 0 Å². The smallest absolute Gasteiger partial charge is 0.123 e. The number of nitrogens with zero attached hydrogens (tertiary/aromatic N) is 1. The Morgan fingerprint density at radius 2 is 1.50 bits per heavy atom. The molecule has 0 fully saturated rings. The Balaban J connectivity index is 2.00. The van der Waals surface area contributed by atoms with Gasteiger partial charge >= 0.3 is 0 Å². The Morgan fingerprint density at radius 3 is 2.09 bits per heavy atom. The highest BCUT2D eigenvalue weighted by molar-refractivity contribution is 5.56. The first-order chi connectivity index (χ1) is 10.7. The van der Waals surface area contributed by atoms with Gasteiger partial charge < -0.3 is 10.0 Å². The summed E-state index contributed by atoms with van der Waals surface area (Å²) in [7, 11) is 0. The normalized spacial score (nSPS) is 17.5. The molecule has 112 valence electrons. The Hall–Kier alpha value is -2.46. The van der Waals surface area contributed by atoms with Gasteiger partial charge in [-0.05, 0) is 53.6 Å². The maximum absolute atomic E-state index is 13.1. The van der Waals surface area contributed by atoms with E-state index in [1.54, 1.807) is 24.3 Å². The third kappa shape index (κ3) is 2.92. The molecule has 1 atom stereocenters. The minimum absolute atomic E-state index is 0.0640. The molecule has 1 heterocycles. The second-order valence-corrected chi connectivity index (χ2v) is 5.10. The molecule has 22 heavy (non-hydrogen) atoms. The number of aliphatic hydroxyl groups excluding tert-OH is 1. The number of benzene rings is 2. The first-order valence-electron chi connectivity index (χ1n) is 6.96. The summed E-state index contributed by atoms with van der Waals surface area (Å²) in [5.74, 6) is -0.593. The van der Waals surface area contributed by atoms with E-state index in [4.69, 9.17) is 0 Å². The Morgan fingerprint density at radius 1 is 0.909 bits per heavy atom. The van der Waals surface area contributed by atoms with Crippen LogP contribution >= 0.6 is 0 Å². The van der Waals surface area contributed by atoms with Crippen LogP contribution in [0.15, 0.2) is 72.5 Å². The molecular formula is C18H15F2NO. The van der Waals surface area contributed by atoms with Crippen LogP contribution in [0.1, 0.15) is 11.6 Å². The van der Waals surface area contributed by atoms with Crippen LogP contribution in [0.4, 0.5) is 14.5 Å². The zero-order valence-electron chi connectivity index (χ0n) is 11.8. The molecule has 2 nitrogen and oxygen atoms in total. The number of hydrogen-bond donors (Lipinski definition) is 1. The molecule has 3 rings (SSSR count). The van der Waals surface area contributed by atoms with E-state index in [-0.39, 0.29) is 24.3 Å². The Labute approximate surface area is 127 Å². The van der Waals surface area contributed by atoms with Gasteiger partial charge in [0, 0.05) is 11.9 Å². The maximum Gasteiger partial charge on any atom is 0.123 e. The average molecular weight is 299 g/mol. The number of anilines is 1. The van der Waals surface area contributed by atoms with Crippen LogP contribution in [0.2, 0.25) is 0 Å². The van der Waals surface area contributed by atoms with Crippen molar-refractivity contribution >= 4 is 5.69 Å². The molecule has 1 unspecified atom stereocenters. The lowest BCUT2D eigenvalue weighted by Crippen LogP contribution is -2.24. The van der Waals surface area contributed by atoms with Gasteiger partial charge in [-0.25, -0.2) is 8.78 Å². The van der Waals surface area contributed by atoms with Crippen LogP contribution in [0.3, 0.4) is 0 Å². The zero-order chi connectivity index (χ0) is 15.5. The molecule has 4 heteroatoms. The zero-order valence-corrected chi connectivity index (χ0v) is 11.8. The highest BCUT2D eigenvalue weighted by Crippen LogP contribution is 2.32. The third-order valence-corrected chi connectivity index (χ3v) is 3.64. The fourth-order valence-corrected chi connectivity index (χ4v) is 2.49. The lowest BCUT2D eigenvalue weighted by atomic mass is 9.99. The Bertz CT molecular complexity index is 705. The number of hydrogen-bond acceptors (Lipinski definition) is 2. The van der Waals surface area contributed by atoms with E-state index in [1.165, 1.54) is 24.3 Å². The highest BCUT2D eigenvalue weighted by atomic mass is 19.1. The number of aliphatic hydroxyl groups is 1. The molecule has 0 radical (unpaired) electrons. The average Bonchev–Trinajstić information content (AvgIpc) is 2.56. The molecule has 0 spiro atoms. The molecule has 0 bridgehead atoms. The molecule has 2 aromatic rings. The van der Waals surface area contributed by atoms with Gasteiger partial charge in [0.25, 0.3) is 0 Å². The number of halogens is 2. The summed E-state index contributed by atoms with van der Waals surface area (Å²) < 4.78 is 26.2. The van der Waals surface area contributed by atoms with Crippen molar-refractivity contribution in [1.29, 1.82) is 0 Å². The topological polar surface area (TPSA) is 23.5 Å². The van der Waals surface area contributed by atoms with Crippen molar-refractivity contribution < 1.29 is 13.9 Å². The minimum Gasteiger partial charge on any atom is -0.392 e. The molecule has 0 aliphatic carbocycles. The summed E-state index contributed by atoms with van der Waals surface area (Å²) in [5, 5.41) is 9.35. The van der Waals surface area contributed by atoms with Gasteiger partial charge in [-0.3, -0.25) is 0 Å². The predicted molar refractivity (Wildman–Crippen MR) is 82.3 cm³/mol. The molecule has 0 aromatic heterocycles. The molecule has 0 saturated heterocycles. The maximum atomic E-state index is 13.1. The van der Waals surface area contributed by atoms with Crippen molar-refractivity contribution in [2.45, 2.75) is 6.04 Å². The van der Waals surface area contributed by atoms with Gasteiger partial charge in [0.1, 0.15) is 11.6 Å². The van der Waals surface area contributed by atoms with Crippen molar-refractivity contribution in [2.24, 2.45) is 0 Å². The summed E-state index contributed by atoms with van der Waals surface area (Å²) in [6.45, 7) is -0.0640. The standard InChI is InChI=1S/C18H15F2NO/c19-15-3-1-14(2-4-15)18-11-13(12-22)9-10-21(18)17-7-5-16(20)6-8-17/h1-11,18,22H,12H2. The van der Waals surface area contributed by atoms with E-state index in [2.05, 4.69) is 0 Å². The van der Waals surface area contributed by atoms with Gasteiger partial charge in [-0.1, -0.05) is 18.2 Å². The molecule has 1 aliphatic heterocycles. The van der Waals surface area contributed by atoms with Crippen molar-refractivity contribution in [2.75, 3.05) is 11.5 Å². The Kier molecular flexibility index (Phi) is 4.02. The quantitative estimate of drug-likeness (QED) is 0.927. The monoisotopic (exact) mass is 299 g/mol. The van der Waals surface area contributed by atoms with Crippen molar-refractivity contribution in [1.82, 2.24) is 0 Å². The first kappa shape index (κ1) is 14.5. The molecule has 1 aliphatic rings. The summed E-state index contributed by atoms with van der Waals surface area (Å²) in [5.41, 5.74) is 2.49. The van der Waals surface area contributed by atoms with Crippen LogP contribution in [0.5, 0.6) is 0 Å². The lowest BCUT2D eigenvalue weighted by Gasteiger charge is -2.32. The van der Waals surface area contributed by atoms with Crippen molar-refractivity contribution in [3.63, 3.8) is 0 Å². The van der Waals surface area contributed by atoms with Gasteiger partial charge in [0.15, 0.2) is 0 Å². The van der Waals surface area contributed by atoms with E-state index in [0.29, 0.717) is 0 Å². The molecule has 2 aromatic carbocycles. The second kappa shape index (κ2) is 6.12. The fourth-order valence-electron chi connectivity index (χ4n) is 2.49. The largest absolute Gasteiger partial charge is 0.392 e. The highest BCUT2D eigenvalue weighted by Gasteiger charge is 2.20. The second-order valence-electron chi connectivity index (χ2n) is 5.10. The minimum atomic E-state index is -0.297. The van der Waals surface area contributed by atoms with E-state index in [1.807, 2.05) is 23.3 Å². The summed E-state index contributed by atoms with van der Waals surface area (Å²) in [6.07, 6.45) is 5.56. The molecule has 0 saturated carbocycles. The summed E-state index contributed by atoms with van der Waals surface area (Å²) in [6, 6.07) is 12.2. The molecule has 0 amide bonds. The van der Waals surface area contributed by atoms with E-state index >= 15 is 0 Å². The SMILES string of the molecule is OCC1=CC(c2ccc(F)cc2)N(c2ccc(F)cc2)C=C1. The van der Waals surface area contributed by atoms with Crippen LogP contribution in [-0.4, -0.2) is 11.7 Å². The van der Waals surface area contributed by atoms with Gasteiger partial charge in [-0.15, -0.1) is 0 Å². The fraction of sp³-hybridized carbons (Fsp3) is 0.111. The van der Waals surface area contributed by atoms with Gasteiger partial charge in [0.2, 0.25) is 0 Å². The van der Waals surface area contributed by atoms with Gasteiger partial charge in [-0.2, -0.15) is 0 Å². The number of rotatable bonds is 3. The summed E-state index contributed by atoms with van der Waals surface area (Å²) in [4.78, 5) is 1.95. The first-order valence-corrected chi connectivity index (χ1v) is 6.96. The van der Waals surface area contributed by atoms with Gasteiger partial charge in [0.05, 0.1) is 12.6 Å². The summed E-state index contributed by atoms with van der Waals surface area (Å²) >= 11 is 0. The molecular weight excluding hydrogens is 284 g/mol. The van der Waals surface area contributed by atoms with E-state index < -0.39 is 0 Å². The van der Waals surface area contributed by atoms with Crippen molar-refractivity contribution in [3.05, 3.63) is 89.7 Å². The third-order valence-electron chi connectivity index (χ3n) is 3.64. The van der Waals surface area contributed by atoms with Crippen LogP contribution in [0.25, 0.3) is 0 Å². The van der Waals surface area contributed by atoms with Crippen LogP contribution in [0, 0.1) is 11.6 Å². The molecule has 1 N–H and O–H groups in total.